The molecule has 1 aliphatic heterocycles. The van der Waals surface area contributed by atoms with Gasteiger partial charge in [0.15, 0.2) is 17.9 Å². The van der Waals surface area contributed by atoms with Crippen molar-refractivity contribution < 1.29 is 23.7 Å². The number of nitrogens with zero attached hydrogens (tertiary/aromatic N) is 2. The zero-order valence-electron chi connectivity index (χ0n) is 11.1. The fraction of sp³-hybridized carbons (Fsp3) is 0.500. The average Bonchev–Trinajstić information content (AvgIpc) is 2.76. The molecule has 1 heterocycles. The summed E-state index contributed by atoms with van der Waals surface area (Å²) in [6.07, 6.45) is 1.18. The van der Waals surface area contributed by atoms with Gasteiger partial charge in [-0.15, -0.1) is 6.42 Å². The van der Waals surface area contributed by atoms with Crippen LogP contribution in [0.25, 0.3) is 0 Å². The van der Waals surface area contributed by atoms with Crippen molar-refractivity contribution in [1.29, 1.82) is 0 Å². The molecule has 0 amide bonds. The maximum absolute atomic E-state index is 14.7. The Morgan fingerprint density at radius 2 is 2.33 bits per heavy atom. The van der Waals surface area contributed by atoms with Gasteiger partial charge in [-0.05, 0) is 0 Å². The zero-order chi connectivity index (χ0) is 16.2. The number of nitrogens with two attached hydrogens (primary N) is 1. The Kier molecular flexibility index (Phi) is 5.74. The van der Waals surface area contributed by atoms with E-state index in [2.05, 4.69) is 17.2 Å². The summed E-state index contributed by atoms with van der Waals surface area (Å²) in [5.41, 5.74) is 3.46. The van der Waals surface area contributed by atoms with Crippen LogP contribution in [0.4, 0.5) is 8.78 Å². The molecule has 6 nitrogen and oxygen atoms in total. The molecule has 0 saturated carbocycles. The van der Waals surface area contributed by atoms with E-state index in [0.717, 1.165) is 16.6 Å². The van der Waals surface area contributed by atoms with E-state index in [1.165, 1.54) is 7.05 Å². The topological polar surface area (TPSA) is 91.3 Å². The lowest BCUT2D eigenvalue weighted by molar-refractivity contribution is -0.0560. The predicted molar refractivity (Wildman–Crippen MR) is 76.7 cm³/mol. The Bertz CT molecular complexity index is 508. The highest BCUT2D eigenvalue weighted by molar-refractivity contribution is 7.78. The first kappa shape index (κ1) is 17.5. The van der Waals surface area contributed by atoms with Crippen molar-refractivity contribution in [3.63, 3.8) is 0 Å². The highest BCUT2D eigenvalue weighted by atomic mass is 32.1. The average molecular weight is 319 g/mol. The van der Waals surface area contributed by atoms with E-state index in [0.29, 0.717) is 0 Å². The normalized spacial score (nSPS) is 33.6. The van der Waals surface area contributed by atoms with Crippen LogP contribution in [0.3, 0.4) is 0 Å². The van der Waals surface area contributed by atoms with Gasteiger partial charge in [0.05, 0.1) is 12.1 Å². The summed E-state index contributed by atoms with van der Waals surface area (Å²) in [6.45, 7) is -0.666. The monoisotopic (exact) mass is 319 g/mol. The van der Waals surface area contributed by atoms with E-state index >= 15 is 0 Å². The number of terminal acetylenes is 1. The van der Waals surface area contributed by atoms with Crippen LogP contribution in [0.2, 0.25) is 0 Å². The van der Waals surface area contributed by atoms with E-state index in [9.17, 15) is 13.9 Å². The molecule has 1 aliphatic rings. The number of aliphatic hydroxyl groups is 2. The number of thiocarbonyl (C=S) groups is 1. The maximum Gasteiger partial charge on any atom is 0.243 e. The van der Waals surface area contributed by atoms with Crippen molar-refractivity contribution in [3.05, 3.63) is 12.0 Å². The Labute approximate surface area is 125 Å². The van der Waals surface area contributed by atoms with Crippen LogP contribution < -0.4 is 5.73 Å². The van der Waals surface area contributed by atoms with Gasteiger partial charge in [0, 0.05) is 13.2 Å². The maximum atomic E-state index is 14.7. The summed E-state index contributed by atoms with van der Waals surface area (Å²) in [4.78, 5) is 4.22. The lowest BCUT2D eigenvalue weighted by Crippen LogP contribution is -2.49. The fourth-order valence-electron chi connectivity index (χ4n) is 1.80. The molecule has 0 radical (unpaired) electrons. The number of alkyl halides is 1. The molecule has 0 aromatic heterocycles. The SMILES string of the molecule is C#CC1(F)C(O)C(CO)OC1N(C=S)/C=C(/F)C(N)=NC. The van der Waals surface area contributed by atoms with Crippen LogP contribution in [-0.4, -0.2) is 64.2 Å². The van der Waals surface area contributed by atoms with Crippen molar-refractivity contribution >= 4 is 23.5 Å². The lowest BCUT2D eigenvalue weighted by atomic mass is 9.97. The second kappa shape index (κ2) is 6.91. The largest absolute Gasteiger partial charge is 0.394 e. The Balaban J connectivity index is 3.16. The molecule has 1 rings (SSSR count). The minimum atomic E-state index is -2.68. The van der Waals surface area contributed by atoms with Crippen molar-refractivity contribution in [2.75, 3.05) is 13.7 Å². The van der Waals surface area contributed by atoms with Gasteiger partial charge in [0.2, 0.25) is 5.67 Å². The molecule has 0 spiro atoms. The number of ether oxygens (including phenoxy) is 1. The van der Waals surface area contributed by atoms with Crippen LogP contribution in [0.5, 0.6) is 0 Å². The van der Waals surface area contributed by atoms with Gasteiger partial charge in [0.25, 0.3) is 0 Å². The standard InChI is InChI=1S/C12H15F2N3O3S/c1-3-12(14)9(19)8(5-18)20-11(12)17(6-21)4-7(13)10(15)16-2/h1,4,6,8-9,11,18-19H,5H2,2H3,(H2,15,16)/b7-4+. The third kappa shape index (κ3) is 3.19. The highest BCUT2D eigenvalue weighted by Crippen LogP contribution is 2.36. The highest BCUT2D eigenvalue weighted by Gasteiger charge is 2.58. The van der Waals surface area contributed by atoms with Crippen LogP contribution >= 0.6 is 12.2 Å². The molecule has 9 heteroatoms. The summed E-state index contributed by atoms with van der Waals surface area (Å²) in [6, 6.07) is 0. The first-order valence-corrected chi connectivity index (χ1v) is 6.26. The number of hydrogen-bond acceptors (Lipinski definition) is 5. The quantitative estimate of drug-likeness (QED) is 0.273. The van der Waals surface area contributed by atoms with Gasteiger partial charge < -0.3 is 25.6 Å². The Morgan fingerprint density at radius 1 is 1.71 bits per heavy atom. The number of rotatable bonds is 5. The van der Waals surface area contributed by atoms with Gasteiger partial charge in [-0.25, -0.2) is 8.78 Å². The van der Waals surface area contributed by atoms with Gasteiger partial charge in [0.1, 0.15) is 12.2 Å². The van der Waals surface area contributed by atoms with E-state index in [-0.39, 0.29) is 0 Å². The molecular weight excluding hydrogens is 304 g/mol. The van der Waals surface area contributed by atoms with Crippen LogP contribution in [-0.2, 0) is 4.74 Å². The predicted octanol–water partition coefficient (Wildman–Crippen LogP) is -0.537. The zero-order valence-corrected chi connectivity index (χ0v) is 11.9. The van der Waals surface area contributed by atoms with Gasteiger partial charge in [-0.2, -0.15) is 0 Å². The van der Waals surface area contributed by atoms with Crippen molar-refractivity contribution in [2.45, 2.75) is 24.1 Å². The van der Waals surface area contributed by atoms with E-state index in [1.807, 2.05) is 0 Å². The Hall–Kier alpha value is -1.60. The minimum absolute atomic E-state index is 0.431. The van der Waals surface area contributed by atoms with E-state index in [1.54, 1.807) is 5.92 Å². The number of aliphatic hydroxyl groups excluding tert-OH is 2. The van der Waals surface area contributed by atoms with Crippen LogP contribution in [0.1, 0.15) is 0 Å². The summed E-state index contributed by atoms with van der Waals surface area (Å²) < 4.78 is 33.5. The summed E-state index contributed by atoms with van der Waals surface area (Å²) in [5.74, 6) is 0.348. The minimum Gasteiger partial charge on any atom is -0.394 e. The molecule has 1 saturated heterocycles. The van der Waals surface area contributed by atoms with Gasteiger partial charge in [-0.1, -0.05) is 18.1 Å². The molecule has 21 heavy (non-hydrogen) atoms. The third-order valence-corrected chi connectivity index (χ3v) is 3.23. The number of amidine groups is 1. The smallest absolute Gasteiger partial charge is 0.243 e. The molecule has 0 aromatic carbocycles. The lowest BCUT2D eigenvalue weighted by Gasteiger charge is -2.29. The third-order valence-electron chi connectivity index (χ3n) is 2.99. The van der Waals surface area contributed by atoms with Gasteiger partial charge in [-0.3, -0.25) is 4.99 Å². The number of halogens is 2. The van der Waals surface area contributed by atoms with Crippen LogP contribution in [0.15, 0.2) is 17.0 Å². The number of hydrogen-bond donors (Lipinski definition) is 3. The second-order valence-electron chi connectivity index (χ2n) is 4.21. The summed E-state index contributed by atoms with van der Waals surface area (Å²) >= 11 is 4.66. The summed E-state index contributed by atoms with van der Waals surface area (Å²) in [7, 11) is 1.27. The molecular formula is C12H15F2N3O3S. The van der Waals surface area contributed by atoms with Crippen molar-refractivity contribution in [1.82, 2.24) is 4.90 Å². The molecule has 4 N–H and O–H groups in total. The molecule has 0 bridgehead atoms. The fourth-order valence-corrected chi connectivity index (χ4v) is 1.97. The number of aliphatic imine (C=N–C) groups is 1. The molecule has 4 atom stereocenters. The summed E-state index contributed by atoms with van der Waals surface area (Å²) in [5, 5.41) is 18.8. The first-order valence-electron chi connectivity index (χ1n) is 5.79. The van der Waals surface area contributed by atoms with Crippen molar-refractivity contribution in [3.8, 4) is 12.3 Å². The van der Waals surface area contributed by atoms with Crippen molar-refractivity contribution in [2.24, 2.45) is 10.7 Å². The molecule has 4 unspecified atom stereocenters. The molecule has 1 fully saturated rings. The van der Waals surface area contributed by atoms with Gasteiger partial charge >= 0.3 is 0 Å². The molecule has 0 aliphatic carbocycles. The molecule has 0 aromatic rings. The van der Waals surface area contributed by atoms with Crippen LogP contribution in [0, 0.1) is 12.3 Å². The second-order valence-corrected chi connectivity index (χ2v) is 4.42. The first-order chi connectivity index (χ1) is 9.85. The molecule has 116 valence electrons. The van der Waals surface area contributed by atoms with E-state index < -0.39 is 42.4 Å². The van der Waals surface area contributed by atoms with E-state index in [4.69, 9.17) is 22.0 Å². The Morgan fingerprint density at radius 3 is 2.76 bits per heavy atom.